The van der Waals surface area contributed by atoms with Crippen LogP contribution in [0.2, 0.25) is 0 Å². The molecule has 0 bridgehead atoms. The fourth-order valence-corrected chi connectivity index (χ4v) is 18.9. The number of aromatic nitrogens is 4. The summed E-state index contributed by atoms with van der Waals surface area (Å²) in [4.78, 5) is 144. The van der Waals surface area contributed by atoms with Crippen LogP contribution in [0.1, 0.15) is 234 Å². The molecule has 8 heterocycles. The minimum atomic E-state index is -0.755. The standard InChI is InChI=1S/C43H55N7O6S.C32H40N6O4.C11H17NO3S/c1-2-56-30-20-18-27(19-21-30)41-48-39(40(45)54)32-25-38(53)50(42(32)49-41)29-14-12-13-28(23-29)43(55)46-22-11-7-5-3-4-6-8-15-33(44)35(51)16-9-10-17-36-31-24-37(52)47-34(31)26-57-36;1-2-42-25-16-14-22(15-17-25)30-36-28(29(34)40)26-21-27(39)38(31(26)37-30)24-13-11-12-23(20-24)32(41)35-19-10-8-6-4-3-5-7-9-18-33;13-10-5-7-8(12-10)6-16-9(7)3-1-2-4-11(14)15/h12-14,18-21,23,31,33-34,36H,2-11,15-17,22,24-26,44H2,1H3,(H2,45,54)(H,46,55)(H,47,52);11-17,20H,2-10,18-19,21,33H2,1H3,(H2,34,40)(H,35,41);7-9H,1-6H2,(H,12,13)(H,14,15)/t31-,33?,34-,36-;;7-,8-,9-/m0.0/s1. The number of carboxylic acids is 1. The summed E-state index contributed by atoms with van der Waals surface area (Å²) in [5.74, 6) is 2.69. The van der Waals surface area contributed by atoms with E-state index in [9.17, 15) is 47.9 Å². The maximum absolute atomic E-state index is 13.3. The van der Waals surface area contributed by atoms with E-state index >= 15 is 0 Å². The molecule has 6 aliphatic heterocycles. The zero-order valence-corrected chi connectivity index (χ0v) is 67.8. The predicted octanol–water partition coefficient (Wildman–Crippen LogP) is 11.7. The molecular formula is C86H112N14O13S2. The highest BCUT2D eigenvalue weighted by atomic mass is 32.2. The summed E-state index contributed by atoms with van der Waals surface area (Å²) in [6, 6.07) is 28.2. The van der Waals surface area contributed by atoms with Crippen LogP contribution in [0.3, 0.4) is 0 Å². The average molecular weight is 1610 g/mol. The van der Waals surface area contributed by atoms with Gasteiger partial charge in [0.1, 0.15) is 40.3 Å². The number of ketones is 1. The summed E-state index contributed by atoms with van der Waals surface area (Å²) in [6.07, 6.45) is 24.5. The van der Waals surface area contributed by atoms with Crippen LogP contribution in [0.5, 0.6) is 11.5 Å². The first-order chi connectivity index (χ1) is 55.7. The van der Waals surface area contributed by atoms with Crippen LogP contribution >= 0.6 is 23.5 Å². The zero-order valence-electron chi connectivity index (χ0n) is 66.2. The molecular weight excluding hydrogens is 1500 g/mol. The number of ether oxygens (including phenoxy) is 2. The Labute approximate surface area is 681 Å². The van der Waals surface area contributed by atoms with Crippen LogP contribution < -0.4 is 63.5 Å². The number of hydrogen-bond acceptors (Lipinski definition) is 20. The molecule has 27 nitrogen and oxygen atoms in total. The maximum atomic E-state index is 13.3. The Morgan fingerprint density at radius 3 is 1.35 bits per heavy atom. The second kappa shape index (κ2) is 44.3. The van der Waals surface area contributed by atoms with Crippen molar-refractivity contribution in [3.8, 4) is 34.3 Å². The molecule has 616 valence electrons. The number of amides is 8. The maximum Gasteiger partial charge on any atom is 0.303 e. The number of benzene rings is 4. The second-order valence-corrected chi connectivity index (χ2v) is 32.7. The first-order valence-electron chi connectivity index (χ1n) is 41.0. The van der Waals surface area contributed by atoms with Crippen LogP contribution in [0.15, 0.2) is 97.1 Å². The lowest BCUT2D eigenvalue weighted by molar-refractivity contribution is -0.137. The van der Waals surface area contributed by atoms with Gasteiger partial charge in [0, 0.05) is 118 Å². The number of carboxylic acid groups (broad SMARTS) is 1. The molecule has 6 aliphatic rings. The molecule has 7 atom stereocenters. The van der Waals surface area contributed by atoms with Crippen LogP contribution in [0.4, 0.5) is 23.0 Å². The molecule has 12 rings (SSSR count). The minimum Gasteiger partial charge on any atom is -0.494 e. The molecule has 0 spiro atoms. The monoisotopic (exact) mass is 1610 g/mol. The van der Waals surface area contributed by atoms with Crippen molar-refractivity contribution in [2.24, 2.45) is 34.8 Å². The number of rotatable bonds is 43. The van der Waals surface area contributed by atoms with Gasteiger partial charge in [-0.05, 0) is 157 Å². The van der Waals surface area contributed by atoms with Gasteiger partial charge in [-0.15, -0.1) is 0 Å². The number of Topliss-reactive ketones (excluding diaryl/α,β-unsaturated/α-hetero) is 1. The molecule has 8 amide bonds. The third-order valence-electron chi connectivity index (χ3n) is 21.7. The number of nitrogens with one attached hydrogen (secondary N) is 4. The number of thioether (sulfide) groups is 2. The Balaban J connectivity index is 0.000000209. The quantitative estimate of drug-likeness (QED) is 0.0161. The van der Waals surface area contributed by atoms with Crippen molar-refractivity contribution >= 4 is 106 Å². The minimum absolute atomic E-state index is 0.00388. The van der Waals surface area contributed by atoms with Crippen molar-refractivity contribution in [1.29, 1.82) is 0 Å². The van der Waals surface area contributed by atoms with Crippen molar-refractivity contribution < 1.29 is 62.5 Å². The van der Waals surface area contributed by atoms with Gasteiger partial charge < -0.3 is 58.8 Å². The number of nitrogens with zero attached hydrogens (tertiary/aromatic N) is 6. The van der Waals surface area contributed by atoms with Crippen molar-refractivity contribution in [3.63, 3.8) is 0 Å². The van der Waals surface area contributed by atoms with Gasteiger partial charge in [-0.1, -0.05) is 102 Å². The van der Waals surface area contributed by atoms with Gasteiger partial charge in [-0.2, -0.15) is 23.5 Å². The third-order valence-corrected chi connectivity index (χ3v) is 24.8. The Morgan fingerprint density at radius 2 is 0.939 bits per heavy atom. The van der Waals surface area contributed by atoms with E-state index in [2.05, 4.69) is 41.2 Å². The molecule has 4 saturated heterocycles. The van der Waals surface area contributed by atoms with E-state index in [0.717, 1.165) is 134 Å². The highest BCUT2D eigenvalue weighted by Gasteiger charge is 2.45. The smallest absolute Gasteiger partial charge is 0.303 e. The van der Waals surface area contributed by atoms with Crippen molar-refractivity contribution in [2.75, 3.05) is 54.2 Å². The predicted molar refractivity (Wildman–Crippen MR) is 447 cm³/mol. The number of primary amides is 2. The van der Waals surface area contributed by atoms with E-state index in [4.69, 9.17) is 37.5 Å². The molecule has 0 saturated carbocycles. The van der Waals surface area contributed by atoms with Gasteiger partial charge in [0.15, 0.2) is 11.6 Å². The molecule has 0 aliphatic carbocycles. The van der Waals surface area contributed by atoms with Crippen molar-refractivity contribution in [2.45, 2.75) is 222 Å². The molecule has 13 N–H and O–H groups in total. The lowest BCUT2D eigenvalue weighted by Gasteiger charge is -2.18. The fraction of sp³-hybridized carbons (Fsp3) is 0.512. The highest BCUT2D eigenvalue weighted by molar-refractivity contribution is 8.00. The average Bonchev–Trinajstić information content (AvgIpc) is 1.62. The molecule has 2 aromatic heterocycles. The molecule has 1 unspecified atom stereocenters. The van der Waals surface area contributed by atoms with E-state index in [1.807, 2.05) is 37.4 Å². The van der Waals surface area contributed by atoms with E-state index in [0.29, 0.717) is 136 Å². The summed E-state index contributed by atoms with van der Waals surface area (Å²) in [5.41, 5.74) is 26.9. The van der Waals surface area contributed by atoms with Crippen LogP contribution in [-0.4, -0.2) is 157 Å². The molecule has 29 heteroatoms. The Kier molecular flexibility index (Phi) is 33.7. The number of aliphatic carboxylic acids is 1. The Morgan fingerprint density at radius 1 is 0.530 bits per heavy atom. The Bertz CT molecular complexity index is 4360. The number of unbranched alkanes of at least 4 members (excludes halogenated alkanes) is 15. The molecule has 0 radical (unpaired) electrons. The highest BCUT2D eigenvalue weighted by Crippen LogP contribution is 2.44. The molecule has 6 aromatic rings. The summed E-state index contributed by atoms with van der Waals surface area (Å²) in [7, 11) is 0. The van der Waals surface area contributed by atoms with E-state index in [-0.39, 0.29) is 101 Å². The van der Waals surface area contributed by atoms with E-state index in [1.165, 1.54) is 35.5 Å². The summed E-state index contributed by atoms with van der Waals surface area (Å²) < 4.78 is 11.0. The third kappa shape index (κ3) is 24.8. The summed E-state index contributed by atoms with van der Waals surface area (Å²) in [5, 5.41) is 21.7. The normalized spacial score (nSPS) is 18.4. The number of anilines is 4. The zero-order chi connectivity index (χ0) is 81.8. The van der Waals surface area contributed by atoms with E-state index in [1.54, 1.807) is 97.1 Å². The van der Waals surface area contributed by atoms with E-state index < -0.39 is 17.8 Å². The van der Waals surface area contributed by atoms with Crippen molar-refractivity contribution in [3.05, 3.63) is 131 Å². The van der Waals surface area contributed by atoms with Crippen LogP contribution in [0.25, 0.3) is 22.8 Å². The van der Waals surface area contributed by atoms with Gasteiger partial charge in [0.25, 0.3) is 23.6 Å². The van der Waals surface area contributed by atoms with Crippen molar-refractivity contribution in [1.82, 2.24) is 41.2 Å². The Hall–Kier alpha value is -9.84. The number of nitrogens with two attached hydrogens (primary N) is 4. The second-order valence-electron chi connectivity index (χ2n) is 30.1. The number of fused-ring (bicyclic) bond motifs is 4. The first-order valence-corrected chi connectivity index (χ1v) is 43.1. The fourth-order valence-electron chi connectivity index (χ4n) is 15.6. The topological polar surface area (TPSA) is 420 Å². The van der Waals surface area contributed by atoms with Crippen LogP contribution in [0, 0.1) is 11.8 Å². The van der Waals surface area contributed by atoms with Gasteiger partial charge in [-0.3, -0.25) is 57.7 Å². The lowest BCUT2D eigenvalue weighted by Crippen LogP contribution is -2.30. The molecule has 4 aromatic carbocycles. The number of hydrogen-bond donors (Lipinski definition) is 9. The SMILES string of the molecule is CCOc1ccc(-c2nc(C(N)=O)c3c(n2)N(c2cccc(C(=O)NCCCCCCCCCC(N)C(=O)CCCC[C@@H]4SC[C@@H]5NC(=O)C[C@@H]54)c2)C(=O)C3)cc1.CCOc1ccc(-c2nc(C(N)=O)c3c(n2)N(c2cccc(C(=O)NCCCCCCCCCCN)c2)C(=O)C3)cc1.O=C(O)CCCC[C@@H]1SC[C@@H]2NC(=O)C[C@@H]21. The van der Waals surface area contributed by atoms with Gasteiger partial charge in [0.2, 0.25) is 23.6 Å². The van der Waals surface area contributed by atoms with Crippen LogP contribution in [-0.2, 0) is 41.6 Å². The van der Waals surface area contributed by atoms with Gasteiger partial charge >= 0.3 is 5.97 Å². The van der Waals surface area contributed by atoms with Gasteiger partial charge in [0.05, 0.1) is 43.5 Å². The number of carbonyl (C=O) groups is 10. The first kappa shape index (κ1) is 87.5. The largest absolute Gasteiger partial charge is 0.494 e. The van der Waals surface area contributed by atoms with Gasteiger partial charge in [-0.25, -0.2) is 19.9 Å². The summed E-state index contributed by atoms with van der Waals surface area (Å²) >= 11 is 3.90. The summed E-state index contributed by atoms with van der Waals surface area (Å²) in [6.45, 7) is 6.73. The molecule has 4 fully saturated rings. The number of carbonyl (C=O) groups excluding carboxylic acids is 9. The lowest BCUT2D eigenvalue weighted by atomic mass is 9.93. The molecule has 115 heavy (non-hydrogen) atoms.